The Bertz CT molecular complexity index is 1100. The van der Waals surface area contributed by atoms with E-state index in [1.165, 1.54) is 6.20 Å². The minimum Gasteiger partial charge on any atom is -0.493 e. The van der Waals surface area contributed by atoms with Gasteiger partial charge in [-0.25, -0.2) is 9.78 Å². The number of amides is 2. The first kappa shape index (κ1) is 21.7. The zero-order chi connectivity index (χ0) is 22.6. The normalized spacial score (nSPS) is 17.7. The van der Waals surface area contributed by atoms with Crippen LogP contribution in [0.1, 0.15) is 24.6 Å². The van der Waals surface area contributed by atoms with Crippen molar-refractivity contribution in [3.8, 4) is 17.0 Å². The van der Waals surface area contributed by atoms with Gasteiger partial charge >= 0.3 is 6.03 Å². The van der Waals surface area contributed by atoms with Crippen LogP contribution in [-0.4, -0.2) is 40.8 Å². The van der Waals surface area contributed by atoms with Crippen molar-refractivity contribution in [2.75, 3.05) is 30.5 Å². The molecule has 3 heterocycles. The highest BCUT2D eigenvalue weighted by Crippen LogP contribution is 2.31. The second kappa shape index (κ2) is 9.32. The third-order valence-electron chi connectivity index (χ3n) is 5.39. The van der Waals surface area contributed by atoms with Gasteiger partial charge in [-0.2, -0.15) is 0 Å². The number of nitrogens with one attached hydrogen (secondary N) is 2. The number of urea groups is 1. The van der Waals surface area contributed by atoms with Gasteiger partial charge in [0.1, 0.15) is 5.75 Å². The van der Waals surface area contributed by atoms with Crippen molar-refractivity contribution in [2.24, 2.45) is 5.41 Å². The number of rotatable bonds is 6. The van der Waals surface area contributed by atoms with E-state index in [-0.39, 0.29) is 5.41 Å². The van der Waals surface area contributed by atoms with Crippen molar-refractivity contribution in [3.63, 3.8) is 0 Å². The monoisotopic (exact) mass is 433 g/mol. The number of carbonyl (C=O) groups is 1. The predicted molar refractivity (Wildman–Crippen MR) is 123 cm³/mol. The Morgan fingerprint density at radius 2 is 2.03 bits per heavy atom. The lowest BCUT2D eigenvalue weighted by Gasteiger charge is -2.22. The number of aryl methyl sites for hydroxylation is 2. The lowest BCUT2D eigenvalue weighted by atomic mass is 9.91. The smallest absolute Gasteiger partial charge is 0.324 e. The number of aromatic nitrogens is 3. The van der Waals surface area contributed by atoms with E-state index in [2.05, 4.69) is 32.5 Å². The van der Waals surface area contributed by atoms with Crippen molar-refractivity contribution in [3.05, 3.63) is 60.2 Å². The third kappa shape index (κ3) is 5.39. The molecule has 32 heavy (non-hydrogen) atoms. The third-order valence-corrected chi connectivity index (χ3v) is 5.39. The van der Waals surface area contributed by atoms with Gasteiger partial charge in [0.2, 0.25) is 0 Å². The average molecular weight is 434 g/mol. The van der Waals surface area contributed by atoms with E-state index in [0.29, 0.717) is 23.8 Å². The fourth-order valence-electron chi connectivity index (χ4n) is 3.43. The zero-order valence-electron chi connectivity index (χ0n) is 18.5. The highest BCUT2D eigenvalue weighted by molar-refractivity contribution is 5.99. The number of hydrogen-bond donors (Lipinski definition) is 2. The van der Waals surface area contributed by atoms with E-state index in [0.717, 1.165) is 42.2 Å². The number of carbonyl (C=O) groups excluding carboxylic acids is 1. The molecule has 1 aliphatic rings. The number of ether oxygens (including phenoxy) is 2. The van der Waals surface area contributed by atoms with E-state index in [9.17, 15) is 4.79 Å². The zero-order valence-corrected chi connectivity index (χ0v) is 18.5. The summed E-state index contributed by atoms with van der Waals surface area (Å²) in [6.07, 6.45) is 5.78. The van der Waals surface area contributed by atoms with Crippen LogP contribution < -0.4 is 15.4 Å². The van der Waals surface area contributed by atoms with Crippen molar-refractivity contribution < 1.29 is 14.3 Å². The molecule has 1 saturated heterocycles. The maximum absolute atomic E-state index is 12.3. The van der Waals surface area contributed by atoms with Crippen LogP contribution in [0.2, 0.25) is 0 Å². The molecule has 1 atom stereocenters. The van der Waals surface area contributed by atoms with Crippen LogP contribution in [0.25, 0.3) is 11.3 Å². The SMILES string of the molecule is Cc1ccc(NC(=O)Nc2cncc(-c3ccc(OCC4(C)CCOC4)c(C)c3)n2)cn1. The second-order valence-electron chi connectivity index (χ2n) is 8.44. The quantitative estimate of drug-likeness (QED) is 0.589. The molecule has 2 amide bonds. The number of pyridine rings is 1. The average Bonchev–Trinajstić information content (AvgIpc) is 3.21. The molecule has 0 spiro atoms. The van der Waals surface area contributed by atoms with E-state index in [4.69, 9.17) is 9.47 Å². The molecule has 8 nitrogen and oxygen atoms in total. The highest BCUT2D eigenvalue weighted by atomic mass is 16.5. The van der Waals surface area contributed by atoms with E-state index in [1.54, 1.807) is 18.5 Å². The number of benzene rings is 1. The minimum absolute atomic E-state index is 0.0613. The van der Waals surface area contributed by atoms with Crippen LogP contribution in [0.15, 0.2) is 48.9 Å². The maximum atomic E-state index is 12.3. The molecule has 1 fully saturated rings. The van der Waals surface area contributed by atoms with Crippen molar-refractivity contribution in [1.29, 1.82) is 0 Å². The summed E-state index contributed by atoms with van der Waals surface area (Å²) in [6, 6.07) is 9.11. The van der Waals surface area contributed by atoms with Crippen molar-refractivity contribution in [2.45, 2.75) is 27.2 Å². The van der Waals surface area contributed by atoms with Gasteiger partial charge in [-0.05, 0) is 56.2 Å². The summed E-state index contributed by atoms with van der Waals surface area (Å²) < 4.78 is 11.6. The fourth-order valence-corrected chi connectivity index (χ4v) is 3.43. The molecule has 1 unspecified atom stereocenters. The molecule has 0 saturated carbocycles. The Balaban J connectivity index is 1.41. The van der Waals surface area contributed by atoms with Crippen LogP contribution in [0.5, 0.6) is 5.75 Å². The van der Waals surface area contributed by atoms with Crippen molar-refractivity contribution >= 4 is 17.5 Å². The minimum atomic E-state index is -0.411. The molecule has 1 aliphatic heterocycles. The van der Waals surface area contributed by atoms with Gasteiger partial charge in [0, 0.05) is 23.3 Å². The van der Waals surface area contributed by atoms with Gasteiger partial charge < -0.3 is 14.8 Å². The standard InChI is InChI=1S/C24H27N5O3/c1-16-10-18(5-7-21(16)32-15-24(3)8-9-31-14-24)20-12-25-13-22(28-20)29-23(30)27-19-6-4-17(2)26-11-19/h4-7,10-13H,8-9,14-15H2,1-3H3,(H2,27,28,29,30). The summed E-state index contributed by atoms with van der Waals surface area (Å²) >= 11 is 0. The largest absolute Gasteiger partial charge is 0.493 e. The van der Waals surface area contributed by atoms with Gasteiger partial charge in [0.25, 0.3) is 0 Å². The molecule has 1 aromatic carbocycles. The van der Waals surface area contributed by atoms with Gasteiger partial charge in [0.05, 0.1) is 43.2 Å². The molecule has 8 heteroatoms. The van der Waals surface area contributed by atoms with Gasteiger partial charge in [-0.15, -0.1) is 0 Å². The molecular formula is C24H27N5O3. The molecule has 0 bridgehead atoms. The van der Waals surface area contributed by atoms with E-state index in [1.807, 2.05) is 38.1 Å². The Hall–Kier alpha value is -3.52. The first-order valence-electron chi connectivity index (χ1n) is 10.5. The first-order chi connectivity index (χ1) is 15.4. The molecule has 166 valence electrons. The molecule has 0 aliphatic carbocycles. The van der Waals surface area contributed by atoms with Crippen LogP contribution >= 0.6 is 0 Å². The molecule has 0 radical (unpaired) electrons. The van der Waals surface area contributed by atoms with Crippen molar-refractivity contribution in [1.82, 2.24) is 15.0 Å². The molecule has 2 aromatic heterocycles. The van der Waals surface area contributed by atoms with E-state index >= 15 is 0 Å². The Morgan fingerprint density at radius 1 is 1.16 bits per heavy atom. The number of nitrogens with zero attached hydrogens (tertiary/aromatic N) is 3. The van der Waals surface area contributed by atoms with Gasteiger partial charge in [-0.3, -0.25) is 15.3 Å². The summed E-state index contributed by atoms with van der Waals surface area (Å²) in [7, 11) is 0. The number of anilines is 2. The predicted octanol–water partition coefficient (Wildman–Crippen LogP) is 4.60. The number of hydrogen-bond acceptors (Lipinski definition) is 6. The molecule has 3 aromatic rings. The van der Waals surface area contributed by atoms with E-state index < -0.39 is 6.03 Å². The summed E-state index contributed by atoms with van der Waals surface area (Å²) in [5.74, 6) is 1.20. The molecule has 4 rings (SSSR count). The fraction of sp³-hybridized carbons (Fsp3) is 0.333. The second-order valence-corrected chi connectivity index (χ2v) is 8.44. The topological polar surface area (TPSA) is 98.3 Å². The summed E-state index contributed by atoms with van der Waals surface area (Å²) in [6.45, 7) is 8.22. The summed E-state index contributed by atoms with van der Waals surface area (Å²) in [5, 5.41) is 5.44. The van der Waals surface area contributed by atoms with Crippen LogP contribution in [-0.2, 0) is 4.74 Å². The van der Waals surface area contributed by atoms with Crippen LogP contribution in [0.4, 0.5) is 16.3 Å². The Kier molecular flexibility index (Phi) is 6.32. The van der Waals surface area contributed by atoms with Crippen LogP contribution in [0.3, 0.4) is 0 Å². The molecular weight excluding hydrogens is 406 g/mol. The first-order valence-corrected chi connectivity index (χ1v) is 10.5. The Morgan fingerprint density at radius 3 is 2.75 bits per heavy atom. The Labute approximate surface area is 187 Å². The lowest BCUT2D eigenvalue weighted by molar-refractivity contribution is 0.117. The maximum Gasteiger partial charge on any atom is 0.324 e. The molecule has 2 N–H and O–H groups in total. The lowest BCUT2D eigenvalue weighted by Crippen LogP contribution is -2.25. The summed E-state index contributed by atoms with van der Waals surface area (Å²) in [5.41, 5.74) is 4.10. The van der Waals surface area contributed by atoms with Gasteiger partial charge in [-0.1, -0.05) is 6.92 Å². The summed E-state index contributed by atoms with van der Waals surface area (Å²) in [4.78, 5) is 25.2. The highest BCUT2D eigenvalue weighted by Gasteiger charge is 2.30. The van der Waals surface area contributed by atoms with Crippen LogP contribution in [0, 0.1) is 19.3 Å². The van der Waals surface area contributed by atoms with Gasteiger partial charge in [0.15, 0.2) is 5.82 Å².